The van der Waals surface area contributed by atoms with Crippen LogP contribution in [0.5, 0.6) is 0 Å². The van der Waals surface area contributed by atoms with Crippen molar-refractivity contribution in [3.63, 3.8) is 0 Å². The molecule has 2 aromatic rings. The van der Waals surface area contributed by atoms with Gasteiger partial charge in [0.15, 0.2) is 0 Å². The fourth-order valence-electron chi connectivity index (χ4n) is 5.24. The number of fused-ring (bicyclic) bond motifs is 3. The summed E-state index contributed by atoms with van der Waals surface area (Å²) < 4.78 is 0. The molecule has 29 heavy (non-hydrogen) atoms. The smallest absolute Gasteiger partial charge is 0.253 e. The summed E-state index contributed by atoms with van der Waals surface area (Å²) in [6, 6.07) is 20.0. The third-order valence-electron chi connectivity index (χ3n) is 6.90. The molecule has 3 aliphatic heterocycles. The highest BCUT2D eigenvalue weighted by molar-refractivity contribution is 5.94. The molecule has 2 atom stereocenters. The van der Waals surface area contributed by atoms with Crippen molar-refractivity contribution in [2.24, 2.45) is 5.92 Å². The van der Waals surface area contributed by atoms with E-state index in [4.69, 9.17) is 0 Å². The lowest BCUT2D eigenvalue weighted by Gasteiger charge is -2.54. The molecule has 4 heteroatoms. The summed E-state index contributed by atoms with van der Waals surface area (Å²) in [7, 11) is 0. The summed E-state index contributed by atoms with van der Waals surface area (Å²) in [5, 5.41) is 0. The van der Waals surface area contributed by atoms with Gasteiger partial charge >= 0.3 is 0 Å². The monoisotopic (exact) mass is 391 g/mol. The summed E-state index contributed by atoms with van der Waals surface area (Å²) in [6.45, 7) is 10.4. The zero-order valence-corrected chi connectivity index (χ0v) is 17.9. The van der Waals surface area contributed by atoms with Crippen molar-refractivity contribution in [1.82, 2.24) is 9.80 Å². The highest BCUT2D eigenvalue weighted by Gasteiger charge is 2.43. The van der Waals surface area contributed by atoms with E-state index in [1.165, 1.54) is 37.3 Å². The van der Waals surface area contributed by atoms with Crippen LogP contribution in [-0.2, 0) is 0 Å². The molecule has 4 nitrogen and oxygen atoms in total. The third kappa shape index (κ3) is 3.78. The SMILES string of the molecule is CCN(CC)C(=O)c1ccc(N(c2ccccc2)[C@@H]2C3CCN(CC3)C2C)cc1. The largest absolute Gasteiger partial charge is 0.339 e. The average molecular weight is 392 g/mol. The van der Waals surface area contributed by atoms with Crippen LogP contribution in [0.3, 0.4) is 0 Å². The van der Waals surface area contributed by atoms with Crippen molar-refractivity contribution in [2.75, 3.05) is 31.1 Å². The number of carbonyl (C=O) groups is 1. The van der Waals surface area contributed by atoms with Crippen molar-refractivity contribution < 1.29 is 4.79 Å². The van der Waals surface area contributed by atoms with Crippen LogP contribution < -0.4 is 4.90 Å². The number of piperidine rings is 3. The quantitative estimate of drug-likeness (QED) is 0.708. The molecule has 3 saturated heterocycles. The maximum Gasteiger partial charge on any atom is 0.253 e. The van der Waals surface area contributed by atoms with Crippen LogP contribution in [0.4, 0.5) is 11.4 Å². The van der Waals surface area contributed by atoms with Gasteiger partial charge in [0, 0.05) is 36.1 Å². The van der Waals surface area contributed by atoms with Crippen LogP contribution in [0.2, 0.25) is 0 Å². The predicted octanol–water partition coefficient (Wildman–Crippen LogP) is 4.79. The molecule has 5 rings (SSSR count). The van der Waals surface area contributed by atoms with Gasteiger partial charge in [0.25, 0.3) is 5.91 Å². The van der Waals surface area contributed by atoms with E-state index in [1.807, 2.05) is 30.9 Å². The standard InChI is InChI=1S/C25H33N3O/c1-4-26(5-2)25(29)21-11-13-23(14-12-21)28(22-9-7-6-8-10-22)24-19(3)27-17-15-20(24)16-18-27/h6-14,19-20,24H,4-5,15-18H2,1-3H3/t19?,24-/m0/s1. The van der Waals surface area contributed by atoms with E-state index in [-0.39, 0.29) is 5.91 Å². The predicted molar refractivity (Wildman–Crippen MR) is 120 cm³/mol. The third-order valence-corrected chi connectivity index (χ3v) is 6.90. The van der Waals surface area contributed by atoms with Crippen molar-refractivity contribution in [3.8, 4) is 0 Å². The van der Waals surface area contributed by atoms with Crippen LogP contribution in [-0.4, -0.2) is 54.0 Å². The molecule has 2 bridgehead atoms. The van der Waals surface area contributed by atoms with Crippen LogP contribution in [0.15, 0.2) is 54.6 Å². The molecule has 0 spiro atoms. The Bertz CT molecular complexity index is 806. The maximum atomic E-state index is 12.7. The van der Waals surface area contributed by atoms with Crippen molar-refractivity contribution in [3.05, 3.63) is 60.2 Å². The summed E-state index contributed by atoms with van der Waals surface area (Å²) in [4.78, 5) is 19.8. The maximum absolute atomic E-state index is 12.7. The Morgan fingerprint density at radius 2 is 1.52 bits per heavy atom. The van der Waals surface area contributed by atoms with Crippen molar-refractivity contribution in [2.45, 2.75) is 45.7 Å². The number of para-hydroxylation sites is 1. The van der Waals surface area contributed by atoms with Crippen molar-refractivity contribution in [1.29, 1.82) is 0 Å². The lowest BCUT2D eigenvalue weighted by atomic mass is 9.78. The second-order valence-electron chi connectivity index (χ2n) is 8.33. The number of carbonyl (C=O) groups excluding carboxylic acids is 1. The molecule has 1 amide bonds. The first kappa shape index (κ1) is 20.0. The Morgan fingerprint density at radius 1 is 0.931 bits per heavy atom. The fraction of sp³-hybridized carbons (Fsp3) is 0.480. The van der Waals surface area contributed by atoms with E-state index in [0.717, 1.165) is 18.7 Å². The minimum absolute atomic E-state index is 0.115. The Kier molecular flexibility index (Phi) is 5.91. The molecule has 0 aromatic heterocycles. The molecule has 0 N–H and O–H groups in total. The summed E-state index contributed by atoms with van der Waals surface area (Å²) in [5.74, 6) is 0.830. The fourth-order valence-corrected chi connectivity index (χ4v) is 5.24. The van der Waals surface area contributed by atoms with E-state index < -0.39 is 0 Å². The number of amides is 1. The number of benzene rings is 2. The van der Waals surface area contributed by atoms with Crippen LogP contribution in [0.1, 0.15) is 44.0 Å². The van der Waals surface area contributed by atoms with Gasteiger partial charge in [-0.25, -0.2) is 0 Å². The van der Waals surface area contributed by atoms with Crippen LogP contribution in [0, 0.1) is 5.92 Å². The number of rotatable bonds is 6. The summed E-state index contributed by atoms with van der Waals surface area (Å²) in [5.41, 5.74) is 3.19. The molecule has 2 aromatic carbocycles. The highest BCUT2D eigenvalue weighted by atomic mass is 16.2. The van der Waals surface area contributed by atoms with Crippen molar-refractivity contribution >= 4 is 17.3 Å². The average Bonchev–Trinajstić information content (AvgIpc) is 2.78. The first-order chi connectivity index (χ1) is 14.1. The lowest BCUT2D eigenvalue weighted by Crippen LogP contribution is -2.61. The molecule has 3 fully saturated rings. The molecule has 154 valence electrons. The minimum atomic E-state index is 0.115. The summed E-state index contributed by atoms with van der Waals surface area (Å²) >= 11 is 0. The normalized spacial score (nSPS) is 25.6. The Labute approximate surface area is 175 Å². The first-order valence-corrected chi connectivity index (χ1v) is 11.1. The van der Waals surface area contributed by atoms with Gasteiger partial charge < -0.3 is 9.80 Å². The highest BCUT2D eigenvalue weighted by Crippen LogP contribution is 2.41. The Balaban J connectivity index is 1.68. The van der Waals surface area contributed by atoms with Gasteiger partial charge in [-0.1, -0.05) is 18.2 Å². The second kappa shape index (κ2) is 8.58. The molecule has 0 saturated carbocycles. The molecular formula is C25H33N3O. The summed E-state index contributed by atoms with van der Waals surface area (Å²) in [6.07, 6.45) is 2.55. The molecule has 0 aliphatic carbocycles. The topological polar surface area (TPSA) is 26.8 Å². The molecule has 3 heterocycles. The van der Waals surface area contributed by atoms with Crippen LogP contribution in [0.25, 0.3) is 0 Å². The van der Waals surface area contributed by atoms with E-state index in [1.54, 1.807) is 0 Å². The zero-order chi connectivity index (χ0) is 20.4. The van der Waals surface area contributed by atoms with Crippen LogP contribution >= 0.6 is 0 Å². The molecule has 0 radical (unpaired) electrons. The van der Waals surface area contributed by atoms with Gasteiger partial charge in [0.05, 0.1) is 6.04 Å². The van der Waals surface area contributed by atoms with Gasteiger partial charge in [-0.2, -0.15) is 0 Å². The van der Waals surface area contributed by atoms with E-state index in [0.29, 0.717) is 18.0 Å². The first-order valence-electron chi connectivity index (χ1n) is 11.1. The zero-order valence-electron chi connectivity index (χ0n) is 17.9. The number of anilines is 2. The second-order valence-corrected chi connectivity index (χ2v) is 8.33. The van der Waals surface area contributed by atoms with Gasteiger partial charge in [-0.05, 0) is 89.0 Å². The number of nitrogens with zero attached hydrogens (tertiary/aromatic N) is 3. The number of hydrogen-bond acceptors (Lipinski definition) is 3. The van der Waals surface area contributed by atoms with E-state index in [2.05, 4.69) is 59.2 Å². The van der Waals surface area contributed by atoms with Gasteiger partial charge in [-0.3, -0.25) is 9.69 Å². The number of hydrogen-bond donors (Lipinski definition) is 0. The van der Waals surface area contributed by atoms with Gasteiger partial charge in [-0.15, -0.1) is 0 Å². The molecule has 1 unspecified atom stereocenters. The molecular weight excluding hydrogens is 358 g/mol. The Hall–Kier alpha value is -2.33. The van der Waals surface area contributed by atoms with E-state index in [9.17, 15) is 4.79 Å². The lowest BCUT2D eigenvalue weighted by molar-refractivity contribution is 0.0381. The Morgan fingerprint density at radius 3 is 2.07 bits per heavy atom. The van der Waals surface area contributed by atoms with E-state index >= 15 is 0 Å². The molecule has 3 aliphatic rings. The van der Waals surface area contributed by atoms with Gasteiger partial charge in [0.2, 0.25) is 0 Å². The minimum Gasteiger partial charge on any atom is -0.339 e. The van der Waals surface area contributed by atoms with Gasteiger partial charge in [0.1, 0.15) is 0 Å².